The summed E-state index contributed by atoms with van der Waals surface area (Å²) in [5, 5.41) is 1.51. The second kappa shape index (κ2) is 11.9. The van der Waals surface area contributed by atoms with Gasteiger partial charge < -0.3 is 9.64 Å². The summed E-state index contributed by atoms with van der Waals surface area (Å²) in [5.41, 5.74) is 3.48. The summed E-state index contributed by atoms with van der Waals surface area (Å²) in [4.78, 5) is 2.51. The van der Waals surface area contributed by atoms with Crippen molar-refractivity contribution in [1.82, 2.24) is 4.90 Å². The molecule has 2 aromatic carbocycles. The average Bonchev–Trinajstić information content (AvgIpc) is 2.73. The van der Waals surface area contributed by atoms with E-state index in [9.17, 15) is 0 Å². The summed E-state index contributed by atoms with van der Waals surface area (Å²) in [7, 11) is -1.10. The number of ether oxygens (including phenoxy) is 1. The molecule has 0 amide bonds. The van der Waals surface area contributed by atoms with E-state index in [2.05, 4.69) is 80.8 Å². The molecule has 0 saturated heterocycles. The van der Waals surface area contributed by atoms with Crippen LogP contribution < -0.4 is 5.19 Å². The maximum atomic E-state index is 5.84. The molecule has 1 atom stereocenters. The molecule has 0 radical (unpaired) electrons. The second-order valence-electron chi connectivity index (χ2n) is 6.99. The molecular weight excluding hydrogens is 346 g/mol. The minimum Gasteiger partial charge on any atom is -0.385 e. The van der Waals surface area contributed by atoms with Crippen LogP contribution in [0.4, 0.5) is 0 Å². The lowest BCUT2D eigenvalue weighted by atomic mass is 10.00. The molecular formula is C24H35NOSi. The van der Waals surface area contributed by atoms with Crippen LogP contribution in [0.15, 0.2) is 61.2 Å². The SMILES string of the molecule is C=C(c1ccccc1)c1ccc([SiH](CCCN(CC)CC)COCC)cc1. The first kappa shape index (κ1) is 21.6. The fourth-order valence-corrected chi connectivity index (χ4v) is 6.09. The largest absolute Gasteiger partial charge is 0.385 e. The van der Waals surface area contributed by atoms with E-state index in [0.717, 1.165) is 31.5 Å². The molecule has 0 aliphatic heterocycles. The van der Waals surface area contributed by atoms with Crippen molar-refractivity contribution in [2.75, 3.05) is 32.5 Å². The Hall–Kier alpha value is -1.68. The number of hydrogen-bond acceptors (Lipinski definition) is 2. The van der Waals surface area contributed by atoms with Gasteiger partial charge in [0.25, 0.3) is 0 Å². The van der Waals surface area contributed by atoms with Gasteiger partial charge >= 0.3 is 0 Å². The number of benzene rings is 2. The molecule has 146 valence electrons. The number of nitrogens with zero attached hydrogens (tertiary/aromatic N) is 1. The standard InChI is InChI=1S/C24H35NOSi/c1-5-25(6-2)18-11-19-27(20-26-7-3)24-16-14-23(15-17-24)21(4)22-12-9-8-10-13-22/h8-10,12-17,27H,4-7,11,18-20H2,1-3H3. The normalized spacial score (nSPS) is 12.3. The molecule has 0 aliphatic rings. The Morgan fingerprint density at radius 3 is 2.15 bits per heavy atom. The Morgan fingerprint density at radius 2 is 1.56 bits per heavy atom. The lowest BCUT2D eigenvalue weighted by Gasteiger charge is -2.21. The zero-order chi connectivity index (χ0) is 19.5. The van der Waals surface area contributed by atoms with E-state index in [4.69, 9.17) is 4.74 Å². The monoisotopic (exact) mass is 381 g/mol. The molecule has 2 aromatic rings. The summed E-state index contributed by atoms with van der Waals surface area (Å²) >= 11 is 0. The van der Waals surface area contributed by atoms with Crippen molar-refractivity contribution in [3.8, 4) is 0 Å². The molecule has 0 bridgehead atoms. The number of rotatable bonds is 12. The van der Waals surface area contributed by atoms with Crippen molar-refractivity contribution in [2.24, 2.45) is 0 Å². The third kappa shape index (κ3) is 6.76. The van der Waals surface area contributed by atoms with Gasteiger partial charge in [0.05, 0.1) is 0 Å². The van der Waals surface area contributed by atoms with Crippen LogP contribution in [0.5, 0.6) is 0 Å². The van der Waals surface area contributed by atoms with Crippen LogP contribution >= 0.6 is 0 Å². The maximum absolute atomic E-state index is 5.84. The molecule has 0 fully saturated rings. The van der Waals surface area contributed by atoms with Gasteiger partial charge in [0, 0.05) is 12.8 Å². The van der Waals surface area contributed by atoms with Crippen LogP contribution in [-0.2, 0) is 4.74 Å². The van der Waals surface area contributed by atoms with E-state index < -0.39 is 8.80 Å². The third-order valence-electron chi connectivity index (χ3n) is 5.30. The van der Waals surface area contributed by atoms with Crippen LogP contribution in [0.3, 0.4) is 0 Å². The predicted octanol–water partition coefficient (Wildman–Crippen LogP) is 4.49. The van der Waals surface area contributed by atoms with Crippen LogP contribution in [0.2, 0.25) is 6.04 Å². The lowest BCUT2D eigenvalue weighted by molar-refractivity contribution is 0.191. The first-order valence-corrected chi connectivity index (χ1v) is 12.5. The van der Waals surface area contributed by atoms with Gasteiger partial charge in [0.1, 0.15) is 8.80 Å². The van der Waals surface area contributed by atoms with Crippen molar-refractivity contribution < 1.29 is 4.74 Å². The van der Waals surface area contributed by atoms with Crippen molar-refractivity contribution in [3.63, 3.8) is 0 Å². The minimum atomic E-state index is -1.10. The Balaban J connectivity index is 2.03. The van der Waals surface area contributed by atoms with E-state index in [1.165, 1.54) is 35.3 Å². The molecule has 27 heavy (non-hydrogen) atoms. The van der Waals surface area contributed by atoms with Crippen molar-refractivity contribution in [2.45, 2.75) is 33.2 Å². The summed E-state index contributed by atoms with van der Waals surface area (Å²) in [6.07, 6.45) is 2.21. The minimum absolute atomic E-state index is 0.808. The molecule has 1 unspecified atom stereocenters. The van der Waals surface area contributed by atoms with Crippen molar-refractivity contribution in [3.05, 3.63) is 72.3 Å². The molecule has 0 aliphatic carbocycles. The fourth-order valence-electron chi connectivity index (χ4n) is 3.47. The molecule has 0 heterocycles. The second-order valence-corrected chi connectivity index (χ2v) is 9.96. The summed E-state index contributed by atoms with van der Waals surface area (Å²) in [6, 6.07) is 20.8. The van der Waals surface area contributed by atoms with Gasteiger partial charge in [-0.1, -0.05) is 86.3 Å². The van der Waals surface area contributed by atoms with Crippen LogP contribution in [0.1, 0.15) is 38.3 Å². The zero-order valence-electron chi connectivity index (χ0n) is 17.3. The first-order chi connectivity index (χ1) is 13.2. The van der Waals surface area contributed by atoms with Gasteiger partial charge in [0.15, 0.2) is 0 Å². The summed E-state index contributed by atoms with van der Waals surface area (Å²) in [6.45, 7) is 15.2. The summed E-state index contributed by atoms with van der Waals surface area (Å²) < 4.78 is 5.84. The van der Waals surface area contributed by atoms with E-state index in [1.54, 1.807) is 0 Å². The molecule has 0 spiro atoms. The molecule has 0 N–H and O–H groups in total. The quantitative estimate of drug-likeness (QED) is 0.502. The highest BCUT2D eigenvalue weighted by atomic mass is 28.3. The molecule has 0 saturated carbocycles. The highest BCUT2D eigenvalue weighted by Crippen LogP contribution is 2.20. The Labute approximate surface area is 167 Å². The van der Waals surface area contributed by atoms with Gasteiger partial charge in [0.2, 0.25) is 0 Å². The Kier molecular flexibility index (Phi) is 9.53. The lowest BCUT2D eigenvalue weighted by Crippen LogP contribution is -2.36. The van der Waals surface area contributed by atoms with Crippen LogP contribution in [0.25, 0.3) is 5.57 Å². The highest BCUT2D eigenvalue weighted by Gasteiger charge is 2.15. The number of hydrogen-bond donors (Lipinski definition) is 0. The predicted molar refractivity (Wildman–Crippen MR) is 122 cm³/mol. The summed E-state index contributed by atoms with van der Waals surface area (Å²) in [5.74, 6) is 0. The molecule has 2 rings (SSSR count). The van der Waals surface area contributed by atoms with E-state index in [0.29, 0.717) is 0 Å². The first-order valence-electron chi connectivity index (χ1n) is 10.3. The molecule has 0 aromatic heterocycles. The highest BCUT2D eigenvalue weighted by molar-refractivity contribution is 6.73. The van der Waals surface area contributed by atoms with E-state index >= 15 is 0 Å². The average molecular weight is 382 g/mol. The van der Waals surface area contributed by atoms with E-state index in [-0.39, 0.29) is 0 Å². The van der Waals surface area contributed by atoms with Gasteiger partial charge in [-0.05, 0) is 49.7 Å². The zero-order valence-corrected chi connectivity index (χ0v) is 18.4. The smallest absolute Gasteiger partial charge is 0.100 e. The topological polar surface area (TPSA) is 12.5 Å². The Morgan fingerprint density at radius 1 is 0.926 bits per heavy atom. The Bertz CT molecular complexity index is 665. The van der Waals surface area contributed by atoms with Crippen molar-refractivity contribution >= 4 is 19.6 Å². The molecule has 2 nitrogen and oxygen atoms in total. The van der Waals surface area contributed by atoms with E-state index in [1.807, 2.05) is 6.07 Å². The van der Waals surface area contributed by atoms with Crippen LogP contribution in [-0.4, -0.2) is 46.2 Å². The third-order valence-corrected chi connectivity index (χ3v) is 8.37. The van der Waals surface area contributed by atoms with Crippen LogP contribution in [0, 0.1) is 0 Å². The van der Waals surface area contributed by atoms with Gasteiger partial charge in [-0.15, -0.1) is 0 Å². The van der Waals surface area contributed by atoms with Gasteiger partial charge in [-0.3, -0.25) is 0 Å². The van der Waals surface area contributed by atoms with Gasteiger partial charge in [-0.25, -0.2) is 0 Å². The maximum Gasteiger partial charge on any atom is 0.100 e. The molecule has 3 heteroatoms. The van der Waals surface area contributed by atoms with Crippen molar-refractivity contribution in [1.29, 1.82) is 0 Å². The van der Waals surface area contributed by atoms with Gasteiger partial charge in [-0.2, -0.15) is 0 Å². The fraction of sp³-hybridized carbons (Fsp3) is 0.417.